The van der Waals surface area contributed by atoms with Crippen LogP contribution in [0.3, 0.4) is 0 Å². The minimum atomic E-state index is -0.310. The maximum absolute atomic E-state index is 11.3. The first kappa shape index (κ1) is 8.53. The second kappa shape index (κ2) is 3.22. The van der Waals surface area contributed by atoms with Gasteiger partial charge in [-0.05, 0) is 13.3 Å². The van der Waals surface area contributed by atoms with E-state index in [1.807, 2.05) is 13.8 Å². The first-order chi connectivity index (χ1) is 5.25. The molecule has 0 aliphatic carbocycles. The standard InChI is InChI=1S/C8H14O3/c1-3-8(5-10-6-8)7(9)11-4-2/h3-6H2,1-2H3. The summed E-state index contributed by atoms with van der Waals surface area (Å²) in [5, 5.41) is 0. The Morgan fingerprint density at radius 1 is 1.55 bits per heavy atom. The predicted octanol–water partition coefficient (Wildman–Crippen LogP) is 0.976. The van der Waals surface area contributed by atoms with E-state index in [0.29, 0.717) is 19.8 Å². The van der Waals surface area contributed by atoms with Gasteiger partial charge in [0.25, 0.3) is 0 Å². The van der Waals surface area contributed by atoms with Crippen molar-refractivity contribution in [3.05, 3.63) is 0 Å². The molecule has 0 N–H and O–H groups in total. The minimum Gasteiger partial charge on any atom is -0.465 e. The fraction of sp³-hybridized carbons (Fsp3) is 0.875. The Hall–Kier alpha value is -0.570. The van der Waals surface area contributed by atoms with Crippen molar-refractivity contribution in [2.45, 2.75) is 20.3 Å². The Morgan fingerprint density at radius 3 is 2.45 bits per heavy atom. The summed E-state index contributed by atoms with van der Waals surface area (Å²) in [5.41, 5.74) is -0.310. The van der Waals surface area contributed by atoms with E-state index in [0.717, 1.165) is 6.42 Å². The number of carbonyl (C=O) groups is 1. The summed E-state index contributed by atoms with van der Waals surface area (Å²) in [4.78, 5) is 11.3. The third kappa shape index (κ3) is 1.38. The van der Waals surface area contributed by atoms with Gasteiger partial charge in [0, 0.05) is 0 Å². The molecule has 0 spiro atoms. The Balaban J connectivity index is 2.47. The lowest BCUT2D eigenvalue weighted by molar-refractivity contribution is -0.186. The fourth-order valence-corrected chi connectivity index (χ4v) is 1.10. The van der Waals surface area contributed by atoms with E-state index in [9.17, 15) is 4.79 Å². The highest BCUT2D eigenvalue weighted by Crippen LogP contribution is 2.32. The number of hydrogen-bond acceptors (Lipinski definition) is 3. The van der Waals surface area contributed by atoms with Crippen LogP contribution >= 0.6 is 0 Å². The fourth-order valence-electron chi connectivity index (χ4n) is 1.10. The van der Waals surface area contributed by atoms with Crippen LogP contribution in [0, 0.1) is 5.41 Å². The summed E-state index contributed by atoms with van der Waals surface area (Å²) in [5.74, 6) is -0.103. The van der Waals surface area contributed by atoms with Crippen molar-refractivity contribution in [2.24, 2.45) is 5.41 Å². The van der Waals surface area contributed by atoms with E-state index in [-0.39, 0.29) is 11.4 Å². The van der Waals surface area contributed by atoms with Crippen LogP contribution in [0.5, 0.6) is 0 Å². The van der Waals surface area contributed by atoms with Crippen molar-refractivity contribution in [1.29, 1.82) is 0 Å². The van der Waals surface area contributed by atoms with E-state index in [2.05, 4.69) is 0 Å². The van der Waals surface area contributed by atoms with Crippen molar-refractivity contribution < 1.29 is 14.3 Å². The molecule has 0 aromatic rings. The molecule has 0 radical (unpaired) electrons. The second-order valence-electron chi connectivity index (χ2n) is 2.85. The molecule has 11 heavy (non-hydrogen) atoms. The maximum atomic E-state index is 11.3. The van der Waals surface area contributed by atoms with Gasteiger partial charge >= 0.3 is 5.97 Å². The van der Waals surface area contributed by atoms with Crippen LogP contribution in [-0.4, -0.2) is 25.8 Å². The zero-order valence-corrected chi connectivity index (χ0v) is 7.05. The monoisotopic (exact) mass is 158 g/mol. The van der Waals surface area contributed by atoms with Crippen LogP contribution in [0.2, 0.25) is 0 Å². The van der Waals surface area contributed by atoms with Crippen LogP contribution in [0.1, 0.15) is 20.3 Å². The summed E-state index contributed by atoms with van der Waals surface area (Å²) in [7, 11) is 0. The van der Waals surface area contributed by atoms with Gasteiger partial charge in [0.15, 0.2) is 0 Å². The van der Waals surface area contributed by atoms with Crippen molar-refractivity contribution in [2.75, 3.05) is 19.8 Å². The van der Waals surface area contributed by atoms with E-state index < -0.39 is 0 Å². The van der Waals surface area contributed by atoms with E-state index in [4.69, 9.17) is 9.47 Å². The number of ether oxygens (including phenoxy) is 2. The highest BCUT2D eigenvalue weighted by Gasteiger charge is 2.45. The maximum Gasteiger partial charge on any atom is 0.316 e. The van der Waals surface area contributed by atoms with Gasteiger partial charge in [-0.2, -0.15) is 0 Å². The third-order valence-electron chi connectivity index (χ3n) is 2.14. The molecule has 1 aliphatic heterocycles. The summed E-state index contributed by atoms with van der Waals surface area (Å²) in [6.45, 7) is 5.32. The summed E-state index contributed by atoms with van der Waals surface area (Å²) >= 11 is 0. The number of rotatable bonds is 3. The first-order valence-corrected chi connectivity index (χ1v) is 4.00. The molecule has 3 nitrogen and oxygen atoms in total. The summed E-state index contributed by atoms with van der Waals surface area (Å²) in [6, 6.07) is 0. The van der Waals surface area contributed by atoms with Crippen molar-refractivity contribution >= 4 is 5.97 Å². The molecule has 0 aromatic carbocycles. The zero-order chi connectivity index (χ0) is 8.32. The van der Waals surface area contributed by atoms with Crippen molar-refractivity contribution in [3.63, 3.8) is 0 Å². The Bertz CT molecular complexity index is 144. The van der Waals surface area contributed by atoms with Gasteiger partial charge in [0.05, 0.1) is 19.8 Å². The molecule has 1 fully saturated rings. The Morgan fingerprint density at radius 2 is 2.18 bits per heavy atom. The molecule has 0 atom stereocenters. The minimum absolute atomic E-state index is 0.103. The van der Waals surface area contributed by atoms with Crippen molar-refractivity contribution in [3.8, 4) is 0 Å². The Labute approximate surface area is 66.7 Å². The highest BCUT2D eigenvalue weighted by molar-refractivity contribution is 5.78. The normalized spacial score (nSPS) is 20.5. The molecule has 3 heteroatoms. The molecular weight excluding hydrogens is 144 g/mol. The molecule has 0 saturated carbocycles. The molecule has 0 amide bonds. The number of carbonyl (C=O) groups excluding carboxylic acids is 1. The van der Waals surface area contributed by atoms with Crippen molar-refractivity contribution in [1.82, 2.24) is 0 Å². The van der Waals surface area contributed by atoms with Gasteiger partial charge in [-0.25, -0.2) is 0 Å². The topological polar surface area (TPSA) is 35.5 Å². The lowest BCUT2D eigenvalue weighted by Gasteiger charge is -2.37. The van der Waals surface area contributed by atoms with Gasteiger partial charge in [0.1, 0.15) is 5.41 Å². The highest BCUT2D eigenvalue weighted by atomic mass is 16.6. The molecule has 0 aromatic heterocycles. The zero-order valence-electron chi connectivity index (χ0n) is 7.05. The van der Waals surface area contributed by atoms with Crippen LogP contribution in [0.25, 0.3) is 0 Å². The van der Waals surface area contributed by atoms with Gasteiger partial charge < -0.3 is 9.47 Å². The molecule has 1 rings (SSSR count). The first-order valence-electron chi connectivity index (χ1n) is 4.00. The summed E-state index contributed by atoms with van der Waals surface area (Å²) < 4.78 is 9.92. The number of esters is 1. The van der Waals surface area contributed by atoms with Crippen LogP contribution < -0.4 is 0 Å². The van der Waals surface area contributed by atoms with E-state index >= 15 is 0 Å². The largest absolute Gasteiger partial charge is 0.465 e. The van der Waals surface area contributed by atoms with E-state index in [1.165, 1.54) is 0 Å². The molecule has 1 heterocycles. The smallest absolute Gasteiger partial charge is 0.316 e. The summed E-state index contributed by atoms with van der Waals surface area (Å²) in [6.07, 6.45) is 0.811. The predicted molar refractivity (Wildman–Crippen MR) is 40.2 cm³/mol. The van der Waals surface area contributed by atoms with Gasteiger partial charge in [-0.1, -0.05) is 6.92 Å². The van der Waals surface area contributed by atoms with Crippen LogP contribution in [-0.2, 0) is 14.3 Å². The van der Waals surface area contributed by atoms with E-state index in [1.54, 1.807) is 0 Å². The van der Waals surface area contributed by atoms with Crippen LogP contribution in [0.15, 0.2) is 0 Å². The molecule has 0 bridgehead atoms. The molecule has 1 aliphatic rings. The lowest BCUT2D eigenvalue weighted by atomic mass is 9.83. The third-order valence-corrected chi connectivity index (χ3v) is 2.14. The quantitative estimate of drug-likeness (QED) is 0.574. The van der Waals surface area contributed by atoms with Gasteiger partial charge in [-0.15, -0.1) is 0 Å². The SMILES string of the molecule is CCOC(=O)C1(CC)COC1. The van der Waals surface area contributed by atoms with Crippen LogP contribution in [0.4, 0.5) is 0 Å². The number of hydrogen-bond donors (Lipinski definition) is 0. The average Bonchev–Trinajstić information content (AvgIpc) is 1.87. The molecule has 1 saturated heterocycles. The van der Waals surface area contributed by atoms with Gasteiger partial charge in [0.2, 0.25) is 0 Å². The average molecular weight is 158 g/mol. The lowest BCUT2D eigenvalue weighted by Crippen LogP contribution is -2.49. The molecular formula is C8H14O3. The van der Waals surface area contributed by atoms with Gasteiger partial charge in [-0.3, -0.25) is 4.79 Å². The molecule has 0 unspecified atom stereocenters. The second-order valence-corrected chi connectivity index (χ2v) is 2.85. The Kier molecular flexibility index (Phi) is 2.49. The molecule has 64 valence electrons.